The Morgan fingerprint density at radius 1 is 1.53 bits per heavy atom. The van der Waals surface area contributed by atoms with Gasteiger partial charge in [0.25, 0.3) is 5.91 Å². The van der Waals surface area contributed by atoms with E-state index in [2.05, 4.69) is 12.1 Å². The average molecular weight is 236 g/mol. The maximum absolute atomic E-state index is 12.2. The summed E-state index contributed by atoms with van der Waals surface area (Å²) in [6.45, 7) is 6.99. The summed E-state index contributed by atoms with van der Waals surface area (Å²) < 4.78 is 5.18. The molecule has 1 aromatic heterocycles. The summed E-state index contributed by atoms with van der Waals surface area (Å²) >= 11 is 0. The standard InChI is InChI=1S/C13H20N2O2/c1-9(2)12-8-11(14-17-12)13(16)15-7-5-4-6-10(15)3/h8-10H,4-7H2,1-3H3/t10-/m0/s1. The van der Waals surface area contributed by atoms with E-state index in [0.717, 1.165) is 25.1 Å². The van der Waals surface area contributed by atoms with Crippen molar-refractivity contribution in [2.24, 2.45) is 0 Å². The van der Waals surface area contributed by atoms with Crippen molar-refractivity contribution in [3.63, 3.8) is 0 Å². The summed E-state index contributed by atoms with van der Waals surface area (Å²) in [5.41, 5.74) is 0.447. The van der Waals surface area contributed by atoms with Crippen LogP contribution < -0.4 is 0 Å². The third-order valence-corrected chi connectivity index (χ3v) is 3.38. The SMILES string of the molecule is CC(C)c1cc(C(=O)N2CCCC[C@@H]2C)no1. The Bertz CT molecular complexity index is 398. The number of hydrogen-bond donors (Lipinski definition) is 0. The molecule has 1 aliphatic rings. The maximum Gasteiger partial charge on any atom is 0.276 e. The van der Waals surface area contributed by atoms with Gasteiger partial charge in [0.15, 0.2) is 5.69 Å². The third-order valence-electron chi connectivity index (χ3n) is 3.38. The van der Waals surface area contributed by atoms with E-state index in [9.17, 15) is 4.79 Å². The second-order valence-corrected chi connectivity index (χ2v) is 5.11. The molecule has 0 unspecified atom stereocenters. The molecular formula is C13H20N2O2. The molecule has 17 heavy (non-hydrogen) atoms. The van der Waals surface area contributed by atoms with Crippen molar-refractivity contribution in [3.8, 4) is 0 Å². The van der Waals surface area contributed by atoms with Crippen LogP contribution in [0.25, 0.3) is 0 Å². The molecule has 94 valence electrons. The molecule has 1 atom stereocenters. The second kappa shape index (κ2) is 4.90. The van der Waals surface area contributed by atoms with Gasteiger partial charge < -0.3 is 9.42 Å². The van der Waals surface area contributed by atoms with Crippen molar-refractivity contribution in [1.29, 1.82) is 0 Å². The Labute approximate surface area is 102 Å². The first-order chi connectivity index (χ1) is 8.09. The lowest BCUT2D eigenvalue weighted by Gasteiger charge is -2.32. The molecule has 1 amide bonds. The minimum atomic E-state index is 0.00727. The van der Waals surface area contributed by atoms with Crippen molar-refractivity contribution in [1.82, 2.24) is 10.1 Å². The first-order valence-electron chi connectivity index (χ1n) is 6.37. The number of hydrogen-bond acceptors (Lipinski definition) is 3. The van der Waals surface area contributed by atoms with Gasteiger partial charge in [0.05, 0.1) is 0 Å². The lowest BCUT2D eigenvalue weighted by atomic mass is 10.0. The zero-order valence-electron chi connectivity index (χ0n) is 10.8. The van der Waals surface area contributed by atoms with Crippen molar-refractivity contribution in [2.75, 3.05) is 6.54 Å². The van der Waals surface area contributed by atoms with Crippen molar-refractivity contribution in [2.45, 2.75) is 52.0 Å². The fourth-order valence-electron chi connectivity index (χ4n) is 2.21. The van der Waals surface area contributed by atoms with Gasteiger partial charge >= 0.3 is 0 Å². The third kappa shape index (κ3) is 2.51. The smallest absolute Gasteiger partial charge is 0.276 e. The van der Waals surface area contributed by atoms with E-state index in [1.165, 1.54) is 6.42 Å². The molecule has 2 heterocycles. The van der Waals surface area contributed by atoms with Gasteiger partial charge in [0, 0.05) is 24.6 Å². The van der Waals surface area contributed by atoms with Gasteiger partial charge in [-0.1, -0.05) is 19.0 Å². The molecule has 0 aliphatic carbocycles. The number of rotatable bonds is 2. The Balaban J connectivity index is 2.12. The molecule has 1 aliphatic heterocycles. The van der Waals surface area contributed by atoms with Gasteiger partial charge in [0.1, 0.15) is 5.76 Å². The lowest BCUT2D eigenvalue weighted by molar-refractivity contribution is 0.0625. The maximum atomic E-state index is 12.2. The Kier molecular flexibility index (Phi) is 3.50. The average Bonchev–Trinajstić information content (AvgIpc) is 2.78. The molecule has 1 saturated heterocycles. The first-order valence-corrected chi connectivity index (χ1v) is 6.37. The zero-order valence-corrected chi connectivity index (χ0v) is 10.8. The van der Waals surface area contributed by atoms with E-state index < -0.39 is 0 Å². The number of nitrogens with zero attached hydrogens (tertiary/aromatic N) is 2. The number of carbonyl (C=O) groups is 1. The minimum Gasteiger partial charge on any atom is -0.360 e. The number of aromatic nitrogens is 1. The Morgan fingerprint density at radius 2 is 2.29 bits per heavy atom. The Morgan fingerprint density at radius 3 is 2.88 bits per heavy atom. The molecule has 0 aromatic carbocycles. The van der Waals surface area contributed by atoms with E-state index in [1.54, 1.807) is 6.07 Å². The highest BCUT2D eigenvalue weighted by Gasteiger charge is 2.26. The van der Waals surface area contributed by atoms with Crippen LogP contribution in [0.5, 0.6) is 0 Å². The fourth-order valence-corrected chi connectivity index (χ4v) is 2.21. The largest absolute Gasteiger partial charge is 0.360 e. The van der Waals surface area contributed by atoms with Crippen LogP contribution in [0.4, 0.5) is 0 Å². The van der Waals surface area contributed by atoms with Gasteiger partial charge in [-0.05, 0) is 26.2 Å². The van der Waals surface area contributed by atoms with Crippen LogP contribution in [0.3, 0.4) is 0 Å². The summed E-state index contributed by atoms with van der Waals surface area (Å²) in [6.07, 6.45) is 3.38. The van der Waals surface area contributed by atoms with E-state index in [4.69, 9.17) is 4.52 Å². The topological polar surface area (TPSA) is 46.3 Å². The molecule has 0 bridgehead atoms. The van der Waals surface area contributed by atoms with Crippen LogP contribution in [0.2, 0.25) is 0 Å². The first kappa shape index (κ1) is 12.1. The molecule has 1 aromatic rings. The molecule has 2 rings (SSSR count). The minimum absolute atomic E-state index is 0.00727. The van der Waals surface area contributed by atoms with E-state index >= 15 is 0 Å². The van der Waals surface area contributed by atoms with Crippen LogP contribution in [0.15, 0.2) is 10.6 Å². The monoisotopic (exact) mass is 236 g/mol. The summed E-state index contributed by atoms with van der Waals surface area (Å²) in [5.74, 6) is 1.05. The molecule has 0 spiro atoms. The predicted octanol–water partition coefficient (Wildman–Crippen LogP) is 2.81. The zero-order chi connectivity index (χ0) is 12.4. The lowest BCUT2D eigenvalue weighted by Crippen LogP contribution is -2.42. The number of carbonyl (C=O) groups excluding carboxylic acids is 1. The van der Waals surface area contributed by atoms with E-state index in [1.807, 2.05) is 18.7 Å². The highest BCUT2D eigenvalue weighted by atomic mass is 16.5. The number of likely N-dealkylation sites (tertiary alicyclic amines) is 1. The van der Waals surface area contributed by atoms with Crippen LogP contribution >= 0.6 is 0 Å². The van der Waals surface area contributed by atoms with Crippen LogP contribution in [0, 0.1) is 0 Å². The molecule has 4 nitrogen and oxygen atoms in total. The Hall–Kier alpha value is -1.32. The molecule has 4 heteroatoms. The van der Waals surface area contributed by atoms with Gasteiger partial charge in [-0.15, -0.1) is 0 Å². The summed E-state index contributed by atoms with van der Waals surface area (Å²) in [4.78, 5) is 14.2. The molecular weight excluding hydrogens is 216 g/mol. The van der Waals surface area contributed by atoms with Gasteiger partial charge in [-0.2, -0.15) is 0 Å². The number of amides is 1. The van der Waals surface area contributed by atoms with Gasteiger partial charge in [-0.25, -0.2) is 0 Å². The second-order valence-electron chi connectivity index (χ2n) is 5.11. The molecule has 0 radical (unpaired) electrons. The fraction of sp³-hybridized carbons (Fsp3) is 0.692. The van der Waals surface area contributed by atoms with Crippen LogP contribution in [-0.4, -0.2) is 28.6 Å². The van der Waals surface area contributed by atoms with Gasteiger partial charge in [0.2, 0.25) is 0 Å². The van der Waals surface area contributed by atoms with Gasteiger partial charge in [-0.3, -0.25) is 4.79 Å². The highest BCUT2D eigenvalue weighted by Crippen LogP contribution is 2.21. The van der Waals surface area contributed by atoms with E-state index in [0.29, 0.717) is 11.7 Å². The van der Waals surface area contributed by atoms with Crippen LogP contribution in [0.1, 0.15) is 62.2 Å². The summed E-state index contributed by atoms with van der Waals surface area (Å²) in [6, 6.07) is 2.09. The number of piperidine rings is 1. The molecule has 0 N–H and O–H groups in total. The summed E-state index contributed by atoms with van der Waals surface area (Å²) in [5, 5.41) is 3.88. The highest BCUT2D eigenvalue weighted by molar-refractivity contribution is 5.92. The predicted molar refractivity (Wildman–Crippen MR) is 64.9 cm³/mol. The van der Waals surface area contributed by atoms with Crippen LogP contribution in [-0.2, 0) is 0 Å². The molecule has 0 saturated carbocycles. The normalized spacial score (nSPS) is 20.9. The van der Waals surface area contributed by atoms with Crippen molar-refractivity contribution >= 4 is 5.91 Å². The van der Waals surface area contributed by atoms with Crippen molar-refractivity contribution < 1.29 is 9.32 Å². The summed E-state index contributed by atoms with van der Waals surface area (Å²) in [7, 11) is 0. The van der Waals surface area contributed by atoms with E-state index in [-0.39, 0.29) is 11.8 Å². The molecule has 1 fully saturated rings. The quantitative estimate of drug-likeness (QED) is 0.793. The van der Waals surface area contributed by atoms with Crippen molar-refractivity contribution in [3.05, 3.63) is 17.5 Å².